The fourth-order valence-electron chi connectivity index (χ4n) is 2.97. The fourth-order valence-corrected chi connectivity index (χ4v) is 2.97. The summed E-state index contributed by atoms with van der Waals surface area (Å²) in [5, 5.41) is 2.62. The summed E-state index contributed by atoms with van der Waals surface area (Å²) in [7, 11) is 0. The van der Waals surface area contributed by atoms with E-state index >= 15 is 0 Å². The van der Waals surface area contributed by atoms with E-state index < -0.39 is 23.7 Å². The number of carbonyl (C=O) groups is 2. The summed E-state index contributed by atoms with van der Waals surface area (Å²) in [4.78, 5) is 24.7. The van der Waals surface area contributed by atoms with Crippen molar-refractivity contribution >= 4 is 12.1 Å². The first-order valence-electron chi connectivity index (χ1n) is 9.88. The second-order valence-electron chi connectivity index (χ2n) is 8.03. The first kappa shape index (κ1) is 22.0. The Hall–Kier alpha value is -2.28. The summed E-state index contributed by atoms with van der Waals surface area (Å²) in [6.07, 6.45) is 3.43. The molecule has 0 aromatic heterocycles. The highest BCUT2D eigenvalue weighted by molar-refractivity contribution is 5.81. The van der Waals surface area contributed by atoms with Crippen LogP contribution in [0, 0.1) is 0 Å². The van der Waals surface area contributed by atoms with Gasteiger partial charge in [-0.3, -0.25) is 0 Å². The van der Waals surface area contributed by atoms with Crippen LogP contribution in [0.25, 0.3) is 0 Å². The molecule has 1 aliphatic rings. The van der Waals surface area contributed by atoms with Gasteiger partial charge in [0.1, 0.15) is 23.5 Å². The van der Waals surface area contributed by atoms with Crippen LogP contribution in [0.4, 0.5) is 4.79 Å². The van der Waals surface area contributed by atoms with E-state index in [0.717, 1.165) is 31.2 Å². The molecule has 7 nitrogen and oxygen atoms in total. The second-order valence-corrected chi connectivity index (χ2v) is 8.03. The summed E-state index contributed by atoms with van der Waals surface area (Å²) < 4.78 is 16.5. The number of nitrogens with two attached hydrogens (primary N) is 1. The zero-order valence-corrected chi connectivity index (χ0v) is 17.0. The van der Waals surface area contributed by atoms with Crippen molar-refractivity contribution in [3.63, 3.8) is 0 Å². The summed E-state index contributed by atoms with van der Waals surface area (Å²) in [6.45, 7) is 6.03. The third-order valence-electron chi connectivity index (χ3n) is 4.39. The molecule has 3 N–H and O–H groups in total. The second kappa shape index (κ2) is 10.3. The molecule has 156 valence electrons. The smallest absolute Gasteiger partial charge is 0.408 e. The lowest BCUT2D eigenvalue weighted by atomic mass is 10.2. The lowest BCUT2D eigenvalue weighted by molar-refractivity contribution is -0.151. The molecule has 1 unspecified atom stereocenters. The van der Waals surface area contributed by atoms with E-state index in [1.165, 1.54) is 0 Å². The van der Waals surface area contributed by atoms with Gasteiger partial charge in [0.05, 0.1) is 6.61 Å². The molecule has 2 rings (SSSR count). The summed E-state index contributed by atoms with van der Waals surface area (Å²) >= 11 is 0. The molecule has 0 aliphatic heterocycles. The maximum atomic E-state index is 12.6. The molecule has 1 amide bonds. The van der Waals surface area contributed by atoms with E-state index in [1.807, 2.05) is 24.3 Å². The molecule has 0 radical (unpaired) electrons. The molecule has 1 atom stereocenters. The van der Waals surface area contributed by atoms with Gasteiger partial charge in [-0.05, 0) is 64.2 Å². The van der Waals surface area contributed by atoms with Crippen molar-refractivity contribution in [3.8, 4) is 5.75 Å². The van der Waals surface area contributed by atoms with Crippen LogP contribution in [0.1, 0.15) is 58.4 Å². The third-order valence-corrected chi connectivity index (χ3v) is 4.39. The number of rotatable bonds is 8. The maximum absolute atomic E-state index is 12.6. The highest BCUT2D eigenvalue weighted by atomic mass is 16.6. The first-order chi connectivity index (χ1) is 13.3. The third kappa shape index (κ3) is 7.76. The Morgan fingerprint density at radius 2 is 1.82 bits per heavy atom. The number of hydrogen-bond acceptors (Lipinski definition) is 6. The molecule has 1 saturated carbocycles. The van der Waals surface area contributed by atoms with Gasteiger partial charge in [-0.1, -0.05) is 12.1 Å². The highest BCUT2D eigenvalue weighted by Gasteiger charge is 2.28. The van der Waals surface area contributed by atoms with Gasteiger partial charge >= 0.3 is 12.1 Å². The average molecular weight is 392 g/mol. The van der Waals surface area contributed by atoms with Crippen molar-refractivity contribution in [1.82, 2.24) is 5.32 Å². The lowest BCUT2D eigenvalue weighted by Crippen LogP contribution is -2.45. The zero-order chi connectivity index (χ0) is 20.6. The maximum Gasteiger partial charge on any atom is 0.408 e. The quantitative estimate of drug-likeness (QED) is 0.659. The van der Waals surface area contributed by atoms with E-state index in [0.29, 0.717) is 12.3 Å². The number of alkyl carbamates (subject to hydrolysis) is 1. The van der Waals surface area contributed by atoms with E-state index in [4.69, 9.17) is 19.9 Å². The molecule has 1 fully saturated rings. The zero-order valence-electron chi connectivity index (χ0n) is 17.0. The van der Waals surface area contributed by atoms with Gasteiger partial charge in [-0.15, -0.1) is 0 Å². The van der Waals surface area contributed by atoms with Crippen LogP contribution in [-0.4, -0.2) is 36.4 Å². The summed E-state index contributed by atoms with van der Waals surface area (Å²) in [5.41, 5.74) is 5.95. The number of nitrogens with one attached hydrogen (secondary N) is 1. The van der Waals surface area contributed by atoms with Gasteiger partial charge in [0.15, 0.2) is 0 Å². The van der Waals surface area contributed by atoms with E-state index in [-0.39, 0.29) is 19.1 Å². The SMILES string of the molecule is CC(C)(C)OC(=O)NC(CCOc1ccc(CN)cc1)C(=O)OC1CCCC1. The van der Waals surface area contributed by atoms with E-state index in [1.54, 1.807) is 20.8 Å². The Labute approximate surface area is 166 Å². The van der Waals surface area contributed by atoms with E-state index in [9.17, 15) is 9.59 Å². The largest absolute Gasteiger partial charge is 0.494 e. The van der Waals surface area contributed by atoms with Crippen molar-refractivity contribution in [2.45, 2.75) is 77.2 Å². The number of amides is 1. The van der Waals surface area contributed by atoms with Crippen LogP contribution in [0.2, 0.25) is 0 Å². The lowest BCUT2D eigenvalue weighted by Gasteiger charge is -2.24. The topological polar surface area (TPSA) is 99.9 Å². The van der Waals surface area contributed by atoms with Crippen molar-refractivity contribution in [2.24, 2.45) is 5.73 Å². The Morgan fingerprint density at radius 1 is 1.18 bits per heavy atom. The van der Waals surface area contributed by atoms with Gasteiger partial charge in [0.25, 0.3) is 0 Å². The average Bonchev–Trinajstić information content (AvgIpc) is 3.13. The van der Waals surface area contributed by atoms with Gasteiger partial charge < -0.3 is 25.3 Å². The Kier molecular flexibility index (Phi) is 8.11. The normalized spacial score (nSPS) is 15.7. The molecule has 1 aromatic carbocycles. The number of ether oxygens (including phenoxy) is 3. The van der Waals surface area contributed by atoms with Crippen molar-refractivity contribution in [3.05, 3.63) is 29.8 Å². The van der Waals surface area contributed by atoms with Crippen molar-refractivity contribution in [1.29, 1.82) is 0 Å². The molecular formula is C21H32N2O5. The predicted molar refractivity (Wildman–Crippen MR) is 106 cm³/mol. The van der Waals surface area contributed by atoms with Crippen molar-refractivity contribution in [2.75, 3.05) is 6.61 Å². The van der Waals surface area contributed by atoms with Gasteiger partial charge in [-0.25, -0.2) is 9.59 Å². The molecule has 1 aromatic rings. The molecule has 0 saturated heterocycles. The molecular weight excluding hydrogens is 360 g/mol. The Morgan fingerprint density at radius 3 is 2.39 bits per heavy atom. The van der Waals surface area contributed by atoms with Crippen molar-refractivity contribution < 1.29 is 23.8 Å². The van der Waals surface area contributed by atoms with Gasteiger partial charge in [0.2, 0.25) is 0 Å². The Balaban J connectivity index is 1.91. The van der Waals surface area contributed by atoms with Crippen LogP contribution in [0.15, 0.2) is 24.3 Å². The number of esters is 1. The van der Waals surface area contributed by atoms with Crippen LogP contribution in [0.5, 0.6) is 5.75 Å². The highest BCUT2D eigenvalue weighted by Crippen LogP contribution is 2.22. The number of hydrogen-bond donors (Lipinski definition) is 2. The monoisotopic (exact) mass is 392 g/mol. The van der Waals surface area contributed by atoms with Crippen LogP contribution >= 0.6 is 0 Å². The first-order valence-corrected chi connectivity index (χ1v) is 9.88. The standard InChI is InChI=1S/C21H32N2O5/c1-21(2,3)28-20(25)23-18(19(24)27-17-6-4-5-7-17)12-13-26-16-10-8-15(14-22)9-11-16/h8-11,17-18H,4-7,12-14,22H2,1-3H3,(H,23,25). The molecule has 28 heavy (non-hydrogen) atoms. The summed E-state index contributed by atoms with van der Waals surface area (Å²) in [5.74, 6) is 0.234. The van der Waals surface area contributed by atoms with Gasteiger partial charge in [0, 0.05) is 13.0 Å². The van der Waals surface area contributed by atoms with Gasteiger partial charge in [-0.2, -0.15) is 0 Å². The van der Waals surface area contributed by atoms with Crippen LogP contribution in [0.3, 0.4) is 0 Å². The number of carbonyl (C=O) groups excluding carboxylic acids is 2. The molecule has 0 spiro atoms. The molecule has 7 heteroatoms. The van der Waals surface area contributed by atoms with Crippen LogP contribution < -0.4 is 15.8 Å². The minimum Gasteiger partial charge on any atom is -0.494 e. The molecule has 0 heterocycles. The van der Waals surface area contributed by atoms with Crippen LogP contribution in [-0.2, 0) is 20.8 Å². The molecule has 0 bridgehead atoms. The minimum atomic E-state index is -0.821. The minimum absolute atomic E-state index is 0.0693. The predicted octanol–water partition coefficient (Wildman–Crippen LogP) is 3.29. The molecule has 1 aliphatic carbocycles. The fraction of sp³-hybridized carbons (Fsp3) is 0.619. The Bertz CT molecular complexity index is 633. The number of benzene rings is 1. The summed E-state index contributed by atoms with van der Waals surface area (Å²) in [6, 6.07) is 6.61. The van der Waals surface area contributed by atoms with E-state index in [2.05, 4.69) is 5.32 Å².